The number of aromatic nitrogens is 3. The van der Waals surface area contributed by atoms with Crippen molar-refractivity contribution in [2.75, 3.05) is 0 Å². The molecule has 0 atom stereocenters. The van der Waals surface area contributed by atoms with Crippen molar-refractivity contribution in [3.8, 4) is 28.5 Å². The Labute approximate surface area is 127 Å². The molecule has 0 saturated heterocycles. The van der Waals surface area contributed by atoms with Gasteiger partial charge in [-0.05, 0) is 11.6 Å². The van der Waals surface area contributed by atoms with E-state index in [9.17, 15) is 5.11 Å². The molecule has 22 heavy (non-hydrogen) atoms. The van der Waals surface area contributed by atoms with E-state index in [2.05, 4.69) is 15.0 Å². The van der Waals surface area contributed by atoms with Gasteiger partial charge in [0.15, 0.2) is 5.82 Å². The molecule has 4 rings (SSSR count). The average Bonchev–Trinajstić information content (AvgIpc) is 3.01. The molecule has 0 saturated carbocycles. The lowest BCUT2D eigenvalue weighted by atomic mass is 10.1. The summed E-state index contributed by atoms with van der Waals surface area (Å²) in [6.07, 6.45) is 0. The predicted molar refractivity (Wildman–Crippen MR) is 86.4 cm³/mol. The van der Waals surface area contributed by atoms with E-state index in [0.717, 1.165) is 16.8 Å². The van der Waals surface area contributed by atoms with Crippen LogP contribution in [0.15, 0.2) is 66.7 Å². The van der Waals surface area contributed by atoms with Gasteiger partial charge >= 0.3 is 0 Å². The van der Waals surface area contributed by atoms with Crippen molar-refractivity contribution in [1.29, 1.82) is 0 Å². The van der Waals surface area contributed by atoms with Crippen molar-refractivity contribution in [3.05, 3.63) is 66.7 Å². The van der Waals surface area contributed by atoms with Gasteiger partial charge < -0.3 is 10.1 Å². The molecule has 4 heteroatoms. The van der Waals surface area contributed by atoms with Crippen LogP contribution in [0.25, 0.3) is 33.7 Å². The number of rotatable bonds is 2. The van der Waals surface area contributed by atoms with Gasteiger partial charge in [0.05, 0.1) is 5.52 Å². The van der Waals surface area contributed by atoms with Crippen molar-refractivity contribution >= 4 is 11.0 Å². The topological polar surface area (TPSA) is 61.8 Å². The van der Waals surface area contributed by atoms with Crippen molar-refractivity contribution in [3.63, 3.8) is 0 Å². The lowest BCUT2D eigenvalue weighted by Crippen LogP contribution is -1.89. The van der Waals surface area contributed by atoms with Crippen LogP contribution in [0.4, 0.5) is 0 Å². The van der Waals surface area contributed by atoms with Gasteiger partial charge in [0.25, 0.3) is 0 Å². The van der Waals surface area contributed by atoms with Gasteiger partial charge in [-0.25, -0.2) is 4.98 Å². The Balaban J connectivity index is 1.88. The van der Waals surface area contributed by atoms with E-state index < -0.39 is 0 Å². The number of aromatic amines is 1. The number of nitrogens with zero attached hydrogens (tertiary/aromatic N) is 2. The zero-order valence-corrected chi connectivity index (χ0v) is 11.7. The van der Waals surface area contributed by atoms with Crippen molar-refractivity contribution < 1.29 is 5.11 Å². The van der Waals surface area contributed by atoms with Crippen LogP contribution in [0.3, 0.4) is 0 Å². The number of H-pyrrole nitrogens is 1. The van der Waals surface area contributed by atoms with Crippen LogP contribution in [0.1, 0.15) is 0 Å². The fourth-order valence-corrected chi connectivity index (χ4v) is 2.49. The van der Waals surface area contributed by atoms with Crippen LogP contribution >= 0.6 is 0 Å². The number of aromatic hydroxyl groups is 1. The third-order valence-corrected chi connectivity index (χ3v) is 3.58. The molecule has 106 valence electrons. The predicted octanol–water partition coefficient (Wildman–Crippen LogP) is 4.00. The first-order valence-electron chi connectivity index (χ1n) is 7.02. The maximum absolute atomic E-state index is 10.2. The molecule has 2 aromatic carbocycles. The fraction of sp³-hybridized carbons (Fsp3) is 0. The summed E-state index contributed by atoms with van der Waals surface area (Å²) in [6.45, 7) is 0. The number of hydrogen-bond donors (Lipinski definition) is 2. The van der Waals surface area contributed by atoms with E-state index in [0.29, 0.717) is 16.9 Å². The minimum absolute atomic E-state index is 0.0361. The Morgan fingerprint density at radius 2 is 1.41 bits per heavy atom. The van der Waals surface area contributed by atoms with Crippen molar-refractivity contribution in [2.24, 2.45) is 0 Å². The maximum Gasteiger partial charge on any atom is 0.239 e. The maximum atomic E-state index is 10.2. The van der Waals surface area contributed by atoms with Crippen LogP contribution in [-0.2, 0) is 0 Å². The summed E-state index contributed by atoms with van der Waals surface area (Å²) in [7, 11) is 0. The SMILES string of the molecule is Oc1nc(-c2ccccc2)nc2cc(-c3ccccc3)[nH]c12. The van der Waals surface area contributed by atoms with Crippen LogP contribution in [0.5, 0.6) is 5.88 Å². The molecule has 0 bridgehead atoms. The van der Waals surface area contributed by atoms with Crippen LogP contribution in [-0.4, -0.2) is 20.1 Å². The minimum atomic E-state index is -0.0361. The zero-order valence-electron chi connectivity index (χ0n) is 11.7. The Kier molecular flexibility index (Phi) is 2.86. The smallest absolute Gasteiger partial charge is 0.239 e. The largest absolute Gasteiger partial charge is 0.492 e. The Bertz CT molecular complexity index is 931. The molecule has 0 amide bonds. The standard InChI is InChI=1S/C18H13N3O/c22-18-16-15(11-14(19-16)12-7-3-1-4-8-12)20-17(21-18)13-9-5-2-6-10-13/h1-11,19H,(H,20,21,22). The molecule has 0 spiro atoms. The Morgan fingerprint density at radius 3 is 2.09 bits per heavy atom. The summed E-state index contributed by atoms with van der Waals surface area (Å²) in [5.74, 6) is 0.482. The van der Waals surface area contributed by atoms with Gasteiger partial charge in [0, 0.05) is 11.3 Å². The van der Waals surface area contributed by atoms with E-state index >= 15 is 0 Å². The van der Waals surface area contributed by atoms with E-state index in [1.807, 2.05) is 66.7 Å². The van der Waals surface area contributed by atoms with E-state index in [4.69, 9.17) is 0 Å². The molecule has 2 heterocycles. The first-order chi connectivity index (χ1) is 10.8. The molecule has 0 aliphatic carbocycles. The monoisotopic (exact) mass is 287 g/mol. The average molecular weight is 287 g/mol. The normalized spacial score (nSPS) is 10.9. The molecule has 0 radical (unpaired) electrons. The van der Waals surface area contributed by atoms with Crippen molar-refractivity contribution in [2.45, 2.75) is 0 Å². The van der Waals surface area contributed by atoms with Gasteiger partial charge in [0.2, 0.25) is 5.88 Å². The highest BCUT2D eigenvalue weighted by Gasteiger charge is 2.12. The molecule has 0 unspecified atom stereocenters. The quantitative estimate of drug-likeness (QED) is 0.586. The highest BCUT2D eigenvalue weighted by atomic mass is 16.3. The lowest BCUT2D eigenvalue weighted by Gasteiger charge is -2.01. The summed E-state index contributed by atoms with van der Waals surface area (Å²) < 4.78 is 0. The zero-order chi connectivity index (χ0) is 14.9. The van der Waals surface area contributed by atoms with Gasteiger partial charge in [-0.3, -0.25) is 0 Å². The molecular formula is C18H13N3O. The molecule has 2 N–H and O–H groups in total. The fourth-order valence-electron chi connectivity index (χ4n) is 2.49. The van der Waals surface area contributed by atoms with Gasteiger partial charge in [-0.2, -0.15) is 4.98 Å². The molecule has 2 aromatic heterocycles. The van der Waals surface area contributed by atoms with Crippen molar-refractivity contribution in [1.82, 2.24) is 15.0 Å². The number of benzene rings is 2. The first-order valence-corrected chi connectivity index (χ1v) is 7.02. The molecule has 4 nitrogen and oxygen atoms in total. The second kappa shape index (κ2) is 5.00. The molecule has 4 aromatic rings. The van der Waals surface area contributed by atoms with Crippen LogP contribution in [0, 0.1) is 0 Å². The number of hydrogen-bond acceptors (Lipinski definition) is 3. The summed E-state index contributed by atoms with van der Waals surface area (Å²) >= 11 is 0. The van der Waals surface area contributed by atoms with Crippen LogP contribution in [0.2, 0.25) is 0 Å². The van der Waals surface area contributed by atoms with Gasteiger partial charge in [-0.15, -0.1) is 0 Å². The number of nitrogens with one attached hydrogen (secondary N) is 1. The second-order valence-electron chi connectivity index (χ2n) is 5.05. The molecule has 0 aliphatic rings. The Hall–Kier alpha value is -3.14. The van der Waals surface area contributed by atoms with Gasteiger partial charge in [0.1, 0.15) is 5.52 Å². The third-order valence-electron chi connectivity index (χ3n) is 3.58. The highest BCUT2D eigenvalue weighted by molar-refractivity contribution is 5.87. The summed E-state index contributed by atoms with van der Waals surface area (Å²) in [5, 5.41) is 10.2. The summed E-state index contributed by atoms with van der Waals surface area (Å²) in [4.78, 5) is 11.9. The summed E-state index contributed by atoms with van der Waals surface area (Å²) in [5.41, 5.74) is 4.08. The first kappa shape index (κ1) is 12.6. The minimum Gasteiger partial charge on any atom is -0.492 e. The van der Waals surface area contributed by atoms with E-state index in [1.54, 1.807) is 0 Å². The second-order valence-corrected chi connectivity index (χ2v) is 5.05. The van der Waals surface area contributed by atoms with E-state index in [-0.39, 0.29) is 5.88 Å². The third kappa shape index (κ3) is 2.11. The molecule has 0 fully saturated rings. The molecular weight excluding hydrogens is 274 g/mol. The number of fused-ring (bicyclic) bond motifs is 1. The highest BCUT2D eigenvalue weighted by Crippen LogP contribution is 2.29. The summed E-state index contributed by atoms with van der Waals surface area (Å²) in [6, 6.07) is 21.5. The van der Waals surface area contributed by atoms with E-state index in [1.165, 1.54) is 0 Å². The Morgan fingerprint density at radius 1 is 0.773 bits per heavy atom. The van der Waals surface area contributed by atoms with Gasteiger partial charge in [-0.1, -0.05) is 60.7 Å². The lowest BCUT2D eigenvalue weighted by molar-refractivity contribution is 0.459. The molecule has 0 aliphatic heterocycles. The van der Waals surface area contributed by atoms with Crippen LogP contribution < -0.4 is 0 Å².